The smallest absolute Gasteiger partial charge is 0.407 e. The fourth-order valence-electron chi connectivity index (χ4n) is 4.13. The number of fused-ring (bicyclic) bond motifs is 2. The lowest BCUT2D eigenvalue weighted by atomic mass is 9.97. The van der Waals surface area contributed by atoms with Gasteiger partial charge in [-0.25, -0.2) is 4.79 Å². The molecular weight excluding hydrogens is 422 g/mol. The molecule has 8 heteroatoms. The van der Waals surface area contributed by atoms with Crippen LogP contribution in [0.5, 0.6) is 11.5 Å². The topological polar surface area (TPSA) is 105 Å². The maximum Gasteiger partial charge on any atom is 0.407 e. The fraction of sp³-hybridized carbons (Fsp3) is 0.240. The van der Waals surface area contributed by atoms with Crippen molar-refractivity contribution in [3.63, 3.8) is 0 Å². The molecule has 0 aliphatic carbocycles. The molecule has 0 radical (unpaired) electrons. The molecular formula is C25H21N3O5. The van der Waals surface area contributed by atoms with Crippen LogP contribution in [0, 0.1) is 17.8 Å². The first-order valence-electron chi connectivity index (χ1n) is 10.6. The monoisotopic (exact) mass is 443 g/mol. The van der Waals surface area contributed by atoms with Gasteiger partial charge in [0.1, 0.15) is 11.3 Å². The van der Waals surface area contributed by atoms with Gasteiger partial charge in [-0.3, -0.25) is 9.89 Å². The van der Waals surface area contributed by atoms with Crippen LogP contribution >= 0.6 is 0 Å². The number of para-hydroxylation sites is 1. The zero-order valence-corrected chi connectivity index (χ0v) is 17.9. The second-order valence-electron chi connectivity index (χ2n) is 7.93. The Morgan fingerprint density at radius 1 is 1.27 bits per heavy atom. The highest BCUT2D eigenvalue weighted by Gasteiger charge is 2.31. The summed E-state index contributed by atoms with van der Waals surface area (Å²) in [5.41, 5.74) is 2.42. The minimum atomic E-state index is -0.903. The number of aromatic nitrogens is 2. The van der Waals surface area contributed by atoms with E-state index in [0.29, 0.717) is 54.3 Å². The number of carbonyl (C=O) groups excluding carboxylic acids is 1. The van der Waals surface area contributed by atoms with E-state index in [9.17, 15) is 9.59 Å². The summed E-state index contributed by atoms with van der Waals surface area (Å²) in [6.07, 6.45) is 2.05. The average molecular weight is 443 g/mol. The molecule has 166 valence electrons. The van der Waals surface area contributed by atoms with Crippen molar-refractivity contribution >= 4 is 28.9 Å². The van der Waals surface area contributed by atoms with Gasteiger partial charge in [0.25, 0.3) is 0 Å². The molecule has 0 atom stereocenters. The molecule has 2 aromatic carbocycles. The Kier molecular flexibility index (Phi) is 5.23. The number of Topliss-reactive ketones (excluding diaryl/α,β-unsaturated/α-hetero) is 1. The van der Waals surface area contributed by atoms with Crippen LogP contribution in [-0.2, 0) is 0 Å². The first-order valence-corrected chi connectivity index (χ1v) is 10.6. The molecule has 1 aromatic heterocycles. The first kappa shape index (κ1) is 20.6. The number of piperidine rings is 1. The molecule has 8 nitrogen and oxygen atoms in total. The average Bonchev–Trinajstić information content (AvgIpc) is 3.39. The number of benzene rings is 2. The largest absolute Gasteiger partial charge is 0.495 e. The fourth-order valence-corrected chi connectivity index (χ4v) is 4.13. The van der Waals surface area contributed by atoms with E-state index in [2.05, 4.69) is 22.0 Å². The molecule has 1 amide bonds. The van der Waals surface area contributed by atoms with E-state index in [-0.39, 0.29) is 17.5 Å². The van der Waals surface area contributed by atoms with Crippen LogP contribution < -0.4 is 9.47 Å². The molecule has 0 spiro atoms. The number of carboxylic acid groups (broad SMARTS) is 1. The lowest BCUT2D eigenvalue weighted by Gasteiger charge is -2.27. The normalized spacial score (nSPS) is 16.9. The number of rotatable bonds is 2. The molecule has 1 fully saturated rings. The number of ketones is 1. The Balaban J connectivity index is 1.46. The SMILES string of the molecule is COc1ccc2c(c1C#CC1CCN(C(=O)O)CC1)OC(=Cc1n[nH]c3ccccc13)C2=O. The zero-order chi connectivity index (χ0) is 22.9. The van der Waals surface area contributed by atoms with E-state index in [1.807, 2.05) is 24.3 Å². The number of nitrogens with one attached hydrogen (secondary N) is 1. The highest BCUT2D eigenvalue weighted by atomic mass is 16.5. The summed E-state index contributed by atoms with van der Waals surface area (Å²) in [4.78, 5) is 25.5. The number of allylic oxidation sites excluding steroid dienone is 1. The second-order valence-corrected chi connectivity index (χ2v) is 7.93. The number of hydrogen-bond acceptors (Lipinski definition) is 5. The first-order chi connectivity index (χ1) is 16.0. The van der Waals surface area contributed by atoms with Gasteiger partial charge in [-0.2, -0.15) is 5.10 Å². The van der Waals surface area contributed by atoms with Crippen molar-refractivity contribution in [2.75, 3.05) is 20.2 Å². The molecule has 2 aliphatic rings. The maximum absolute atomic E-state index is 13.0. The van der Waals surface area contributed by atoms with E-state index in [4.69, 9.17) is 14.6 Å². The number of carbonyl (C=O) groups is 2. The van der Waals surface area contributed by atoms with E-state index in [0.717, 1.165) is 10.9 Å². The summed E-state index contributed by atoms with van der Waals surface area (Å²) >= 11 is 0. The number of H-pyrrole nitrogens is 1. The van der Waals surface area contributed by atoms with Crippen molar-refractivity contribution in [1.29, 1.82) is 0 Å². The molecule has 3 heterocycles. The Labute approximate surface area is 189 Å². The lowest BCUT2D eigenvalue weighted by molar-refractivity contribution is 0.101. The predicted molar refractivity (Wildman–Crippen MR) is 121 cm³/mol. The Morgan fingerprint density at radius 2 is 2.06 bits per heavy atom. The van der Waals surface area contributed by atoms with E-state index >= 15 is 0 Å². The molecule has 3 aromatic rings. The minimum Gasteiger partial charge on any atom is -0.495 e. The number of ether oxygens (including phenoxy) is 2. The van der Waals surface area contributed by atoms with Crippen molar-refractivity contribution in [3.05, 3.63) is 59.0 Å². The van der Waals surface area contributed by atoms with Crippen LogP contribution in [0.4, 0.5) is 4.79 Å². The molecule has 5 rings (SSSR count). The third-order valence-electron chi connectivity index (χ3n) is 5.95. The van der Waals surface area contributed by atoms with Crippen LogP contribution in [0.1, 0.15) is 34.5 Å². The highest BCUT2D eigenvalue weighted by Crippen LogP contribution is 2.39. The summed E-state index contributed by atoms with van der Waals surface area (Å²) in [6, 6.07) is 11.0. The third kappa shape index (κ3) is 3.78. The van der Waals surface area contributed by atoms with Gasteiger partial charge in [0.15, 0.2) is 11.5 Å². The molecule has 0 bridgehead atoms. The predicted octanol–water partition coefficient (Wildman–Crippen LogP) is 3.93. The van der Waals surface area contributed by atoms with Crippen molar-refractivity contribution in [3.8, 4) is 23.3 Å². The molecule has 0 unspecified atom stereocenters. The van der Waals surface area contributed by atoms with Gasteiger partial charge in [-0.15, -0.1) is 0 Å². The molecule has 0 saturated carbocycles. The summed E-state index contributed by atoms with van der Waals surface area (Å²) in [5.74, 6) is 7.25. The van der Waals surface area contributed by atoms with Crippen molar-refractivity contribution in [2.24, 2.45) is 5.92 Å². The molecule has 33 heavy (non-hydrogen) atoms. The van der Waals surface area contributed by atoms with Crippen LogP contribution in [0.25, 0.3) is 17.0 Å². The quantitative estimate of drug-likeness (QED) is 0.459. The van der Waals surface area contributed by atoms with Gasteiger partial charge in [-0.05, 0) is 31.0 Å². The van der Waals surface area contributed by atoms with Gasteiger partial charge >= 0.3 is 6.09 Å². The third-order valence-corrected chi connectivity index (χ3v) is 5.95. The van der Waals surface area contributed by atoms with Gasteiger partial charge in [0.2, 0.25) is 5.78 Å². The van der Waals surface area contributed by atoms with Gasteiger partial charge in [-0.1, -0.05) is 30.0 Å². The van der Waals surface area contributed by atoms with E-state index in [1.54, 1.807) is 25.3 Å². The van der Waals surface area contributed by atoms with Crippen LogP contribution in [0.15, 0.2) is 42.2 Å². The number of methoxy groups -OCH3 is 1. The number of likely N-dealkylation sites (tertiary alicyclic amines) is 1. The maximum atomic E-state index is 13.0. The van der Waals surface area contributed by atoms with Crippen LogP contribution in [0.3, 0.4) is 0 Å². The second kappa shape index (κ2) is 8.36. The lowest BCUT2D eigenvalue weighted by Crippen LogP contribution is -2.37. The van der Waals surface area contributed by atoms with Gasteiger partial charge in [0.05, 0.1) is 23.9 Å². The number of amides is 1. The van der Waals surface area contributed by atoms with Crippen LogP contribution in [0.2, 0.25) is 0 Å². The summed E-state index contributed by atoms with van der Waals surface area (Å²) in [5, 5.41) is 17.3. The summed E-state index contributed by atoms with van der Waals surface area (Å²) < 4.78 is 11.5. The molecule has 1 saturated heterocycles. The highest BCUT2D eigenvalue weighted by molar-refractivity contribution is 6.15. The summed E-state index contributed by atoms with van der Waals surface area (Å²) in [7, 11) is 1.54. The molecule has 2 aliphatic heterocycles. The Hall–Kier alpha value is -4.25. The minimum absolute atomic E-state index is 0.0590. The van der Waals surface area contributed by atoms with Crippen molar-refractivity contribution in [1.82, 2.24) is 15.1 Å². The van der Waals surface area contributed by atoms with Crippen molar-refractivity contribution < 1.29 is 24.2 Å². The Bertz CT molecular complexity index is 1350. The van der Waals surface area contributed by atoms with Crippen LogP contribution in [-0.4, -0.2) is 52.3 Å². The summed E-state index contributed by atoms with van der Waals surface area (Å²) in [6.45, 7) is 0.913. The number of aromatic amines is 1. The number of nitrogens with zero attached hydrogens (tertiary/aromatic N) is 2. The van der Waals surface area contributed by atoms with Gasteiger partial charge < -0.3 is 19.5 Å². The van der Waals surface area contributed by atoms with Gasteiger partial charge in [0, 0.05) is 30.5 Å². The standard InChI is InChI=1S/C25H21N3O5/c1-32-21-9-8-18-23(29)22(14-20-16-4-2-3-5-19(16)26-27-20)33-24(18)17(21)7-6-15-10-12-28(13-11-15)25(30)31/h2-5,8-9,14-15H,10-13H2,1H3,(H,26,27)(H,30,31). The Morgan fingerprint density at radius 3 is 2.82 bits per heavy atom. The number of hydrogen-bond donors (Lipinski definition) is 2. The van der Waals surface area contributed by atoms with Crippen molar-refractivity contribution in [2.45, 2.75) is 12.8 Å². The molecule has 2 N–H and O–H groups in total. The van der Waals surface area contributed by atoms with E-state index in [1.165, 1.54) is 4.90 Å². The van der Waals surface area contributed by atoms with E-state index < -0.39 is 6.09 Å². The zero-order valence-electron chi connectivity index (χ0n) is 17.9.